The average molecular weight is 265 g/mol. The van der Waals surface area contributed by atoms with Gasteiger partial charge in [-0.25, -0.2) is 4.72 Å². The fraction of sp³-hybridized carbons (Fsp3) is 0. The molecule has 2 aromatic rings. The SMILES string of the molecule is Nc1nnc(S(=O)(=O)Nc2nnns2)s1. The number of nitrogen functional groups attached to an aromatic ring is 1. The average Bonchev–Trinajstić information content (AvgIpc) is 2.75. The zero-order valence-electron chi connectivity index (χ0n) is 6.85. The molecule has 9 nitrogen and oxygen atoms in total. The van der Waals surface area contributed by atoms with Crippen LogP contribution in [0.2, 0.25) is 0 Å². The van der Waals surface area contributed by atoms with E-state index >= 15 is 0 Å². The minimum Gasteiger partial charge on any atom is -0.374 e. The Bertz CT molecular complexity index is 544. The summed E-state index contributed by atoms with van der Waals surface area (Å²) in [7, 11) is -3.78. The van der Waals surface area contributed by atoms with Crippen LogP contribution in [0, 0.1) is 0 Å². The first kappa shape index (κ1) is 10.1. The third-order valence-corrected chi connectivity index (χ3v) is 4.27. The lowest BCUT2D eigenvalue weighted by atomic mass is 11.3. The van der Waals surface area contributed by atoms with Gasteiger partial charge in [0.1, 0.15) is 0 Å². The molecule has 0 saturated heterocycles. The second-order valence-electron chi connectivity index (χ2n) is 2.18. The summed E-state index contributed by atoms with van der Waals surface area (Å²) in [4.78, 5) is 0. The second-order valence-corrected chi connectivity index (χ2v) is 5.78. The molecule has 80 valence electrons. The van der Waals surface area contributed by atoms with Gasteiger partial charge < -0.3 is 5.73 Å². The van der Waals surface area contributed by atoms with Crippen molar-refractivity contribution < 1.29 is 8.42 Å². The van der Waals surface area contributed by atoms with Gasteiger partial charge >= 0.3 is 0 Å². The van der Waals surface area contributed by atoms with Crippen molar-refractivity contribution in [2.45, 2.75) is 4.34 Å². The van der Waals surface area contributed by atoms with E-state index in [-0.39, 0.29) is 14.6 Å². The normalized spacial score (nSPS) is 11.5. The van der Waals surface area contributed by atoms with E-state index in [9.17, 15) is 8.42 Å². The maximum atomic E-state index is 11.6. The third kappa shape index (κ3) is 2.16. The van der Waals surface area contributed by atoms with E-state index in [1.54, 1.807) is 0 Å². The molecule has 12 heteroatoms. The fourth-order valence-corrected chi connectivity index (χ4v) is 3.03. The molecule has 0 aliphatic heterocycles. The highest BCUT2D eigenvalue weighted by atomic mass is 32.2. The van der Waals surface area contributed by atoms with Crippen molar-refractivity contribution in [3.63, 3.8) is 0 Å². The molecule has 0 bridgehead atoms. The number of nitrogens with zero attached hydrogens (tertiary/aromatic N) is 5. The first-order valence-electron chi connectivity index (χ1n) is 3.35. The number of nitrogens with one attached hydrogen (secondary N) is 1. The Morgan fingerprint density at radius 3 is 2.60 bits per heavy atom. The summed E-state index contributed by atoms with van der Waals surface area (Å²) < 4.78 is 28.4. The highest BCUT2D eigenvalue weighted by Crippen LogP contribution is 2.20. The topological polar surface area (TPSA) is 137 Å². The number of anilines is 2. The van der Waals surface area contributed by atoms with Gasteiger partial charge in [-0.05, 0) is 5.21 Å². The molecular weight excluding hydrogens is 262 g/mol. The molecule has 15 heavy (non-hydrogen) atoms. The van der Waals surface area contributed by atoms with Gasteiger partial charge in [-0.2, -0.15) is 8.42 Å². The van der Waals surface area contributed by atoms with E-state index in [0.29, 0.717) is 0 Å². The summed E-state index contributed by atoms with van der Waals surface area (Å²) in [5, 5.41) is 13.6. The van der Waals surface area contributed by atoms with Crippen LogP contribution in [0.25, 0.3) is 0 Å². The van der Waals surface area contributed by atoms with Crippen LogP contribution in [-0.4, -0.2) is 33.4 Å². The van der Waals surface area contributed by atoms with Gasteiger partial charge in [0.05, 0.1) is 0 Å². The number of rotatable bonds is 3. The number of sulfonamides is 1. The molecule has 2 rings (SSSR count). The molecule has 3 N–H and O–H groups in total. The minimum absolute atomic E-state index is 0.0590. The van der Waals surface area contributed by atoms with Crippen LogP contribution in [0.5, 0.6) is 0 Å². The van der Waals surface area contributed by atoms with Crippen molar-refractivity contribution in [3.8, 4) is 0 Å². The number of hydrogen-bond acceptors (Lipinski definition) is 10. The highest BCUT2D eigenvalue weighted by Gasteiger charge is 2.21. The second kappa shape index (κ2) is 3.63. The summed E-state index contributed by atoms with van der Waals surface area (Å²) in [6.45, 7) is 0. The van der Waals surface area contributed by atoms with Crippen LogP contribution >= 0.6 is 22.9 Å². The van der Waals surface area contributed by atoms with Gasteiger partial charge in [0, 0.05) is 11.5 Å². The highest BCUT2D eigenvalue weighted by molar-refractivity contribution is 7.94. The summed E-state index contributed by atoms with van der Waals surface area (Å²) in [5.41, 5.74) is 5.26. The van der Waals surface area contributed by atoms with Gasteiger partial charge in [0.25, 0.3) is 14.4 Å². The number of nitrogens with two attached hydrogens (primary N) is 1. The third-order valence-electron chi connectivity index (χ3n) is 1.17. The fourth-order valence-electron chi connectivity index (χ4n) is 0.661. The van der Waals surface area contributed by atoms with Crippen LogP contribution in [-0.2, 0) is 10.0 Å². The first-order valence-corrected chi connectivity index (χ1v) is 6.42. The molecule has 0 atom stereocenters. The van der Waals surface area contributed by atoms with E-state index in [1.807, 2.05) is 0 Å². The lowest BCUT2D eigenvalue weighted by Crippen LogP contribution is -2.12. The zero-order valence-corrected chi connectivity index (χ0v) is 9.30. The molecule has 0 saturated carbocycles. The standard InChI is InChI=1S/C3H3N7O2S3/c4-1-5-7-3(13-1)15(11,12)8-2-6-9-10-14-2/h(H2,4,5)(H,6,8,10). The lowest BCUT2D eigenvalue weighted by Gasteiger charge is -1.97. The Hall–Kier alpha value is -1.40. The van der Waals surface area contributed by atoms with Crippen molar-refractivity contribution in [1.29, 1.82) is 0 Å². The Morgan fingerprint density at radius 1 is 1.27 bits per heavy atom. The quantitative estimate of drug-likeness (QED) is 0.733. The van der Waals surface area contributed by atoms with Gasteiger partial charge in [0.2, 0.25) is 10.3 Å². The zero-order chi connectivity index (χ0) is 10.9. The van der Waals surface area contributed by atoms with Crippen LogP contribution in [0.4, 0.5) is 10.3 Å². The van der Waals surface area contributed by atoms with Gasteiger partial charge in [-0.15, -0.1) is 10.2 Å². The van der Waals surface area contributed by atoms with Crippen molar-refractivity contribution in [1.82, 2.24) is 25.0 Å². The van der Waals surface area contributed by atoms with Gasteiger partial charge in [-0.1, -0.05) is 20.9 Å². The van der Waals surface area contributed by atoms with Crippen LogP contribution in [0.3, 0.4) is 0 Å². The van der Waals surface area contributed by atoms with Crippen LogP contribution in [0.15, 0.2) is 4.34 Å². The molecule has 0 fully saturated rings. The Morgan fingerprint density at radius 2 is 2.07 bits per heavy atom. The Kier molecular flexibility index (Phi) is 2.45. The summed E-state index contributed by atoms with van der Waals surface area (Å²) in [6, 6.07) is 0. The van der Waals surface area contributed by atoms with E-state index in [1.165, 1.54) is 0 Å². The lowest BCUT2D eigenvalue weighted by molar-refractivity contribution is 0.599. The van der Waals surface area contributed by atoms with Crippen molar-refractivity contribution in [2.75, 3.05) is 10.5 Å². The van der Waals surface area contributed by atoms with E-state index in [0.717, 1.165) is 22.9 Å². The number of aromatic nitrogens is 5. The predicted octanol–water partition coefficient (Wildman–Crippen LogP) is -0.832. The Labute approximate surface area is 91.6 Å². The number of hydrogen-bond donors (Lipinski definition) is 2. The van der Waals surface area contributed by atoms with Crippen molar-refractivity contribution in [3.05, 3.63) is 0 Å². The molecule has 0 amide bonds. The van der Waals surface area contributed by atoms with E-state index in [2.05, 4.69) is 29.7 Å². The van der Waals surface area contributed by atoms with Crippen LogP contribution < -0.4 is 10.5 Å². The first-order chi connectivity index (χ1) is 7.08. The van der Waals surface area contributed by atoms with Crippen molar-refractivity contribution >= 4 is 43.2 Å². The van der Waals surface area contributed by atoms with Crippen molar-refractivity contribution in [2.24, 2.45) is 0 Å². The summed E-state index contributed by atoms with van der Waals surface area (Å²) >= 11 is 1.57. The Balaban J connectivity index is 2.28. The molecule has 0 unspecified atom stereocenters. The minimum atomic E-state index is -3.78. The van der Waals surface area contributed by atoms with Gasteiger partial charge in [0.15, 0.2) is 0 Å². The molecule has 0 aliphatic rings. The molecule has 0 spiro atoms. The molecule has 2 heterocycles. The largest absolute Gasteiger partial charge is 0.374 e. The molecule has 0 radical (unpaired) electrons. The molecular formula is C3H3N7O2S3. The van der Waals surface area contributed by atoms with E-state index in [4.69, 9.17) is 5.73 Å². The monoisotopic (exact) mass is 265 g/mol. The summed E-state index contributed by atoms with van der Waals surface area (Å²) in [5.74, 6) is 0. The van der Waals surface area contributed by atoms with Gasteiger partial charge in [-0.3, -0.25) is 0 Å². The summed E-state index contributed by atoms with van der Waals surface area (Å²) in [6.07, 6.45) is 0. The maximum absolute atomic E-state index is 11.6. The van der Waals surface area contributed by atoms with E-state index < -0.39 is 10.0 Å². The maximum Gasteiger partial charge on any atom is 0.293 e. The molecule has 0 aliphatic carbocycles. The predicted molar refractivity (Wildman–Crippen MR) is 52.8 cm³/mol. The molecule has 2 aromatic heterocycles. The molecule has 0 aromatic carbocycles. The van der Waals surface area contributed by atoms with Crippen LogP contribution in [0.1, 0.15) is 0 Å². The smallest absolute Gasteiger partial charge is 0.293 e.